The maximum Gasteiger partial charge on any atom is 0.231 e. The third-order valence-corrected chi connectivity index (χ3v) is 8.50. The number of rotatable bonds is 6. The van der Waals surface area contributed by atoms with Crippen molar-refractivity contribution >= 4 is 39.1 Å². The first kappa shape index (κ1) is 22.8. The molecule has 2 heterocycles. The van der Waals surface area contributed by atoms with E-state index in [1.165, 1.54) is 0 Å². The molecule has 2 fully saturated rings. The van der Waals surface area contributed by atoms with Crippen molar-refractivity contribution < 1.29 is 17.9 Å². The van der Waals surface area contributed by atoms with Crippen molar-refractivity contribution in [1.29, 1.82) is 0 Å². The molecule has 1 N–H and O–H groups in total. The average Bonchev–Trinajstić information content (AvgIpc) is 2.69. The number of sulfonamides is 1. The highest BCUT2D eigenvalue weighted by Gasteiger charge is 2.44. The van der Waals surface area contributed by atoms with E-state index < -0.39 is 15.4 Å². The maximum atomic E-state index is 13.4. The largest absolute Gasteiger partial charge is 0.381 e. The van der Waals surface area contributed by atoms with Crippen molar-refractivity contribution in [3.05, 3.63) is 33.8 Å². The zero-order valence-electron chi connectivity index (χ0n) is 16.6. The van der Waals surface area contributed by atoms with E-state index in [0.29, 0.717) is 68.5 Å². The molecule has 2 aliphatic heterocycles. The molecule has 3 rings (SSSR count). The Bertz CT molecular complexity index is 833. The van der Waals surface area contributed by atoms with E-state index in [0.717, 1.165) is 5.56 Å². The molecule has 0 aromatic heterocycles. The third kappa shape index (κ3) is 5.07. The van der Waals surface area contributed by atoms with Crippen molar-refractivity contribution in [3.8, 4) is 0 Å². The predicted octanol–water partition coefficient (Wildman–Crippen LogP) is 3.36. The van der Waals surface area contributed by atoms with E-state index in [4.69, 9.17) is 27.9 Å². The zero-order chi connectivity index (χ0) is 21.1. The highest BCUT2D eigenvalue weighted by molar-refractivity contribution is 7.89. The number of carbonyl (C=O) groups is 1. The number of benzene rings is 1. The van der Waals surface area contributed by atoms with Gasteiger partial charge in [-0.1, -0.05) is 36.2 Å². The van der Waals surface area contributed by atoms with Gasteiger partial charge in [-0.15, -0.1) is 0 Å². The number of ether oxygens (including phenoxy) is 1. The number of halogens is 2. The Kier molecular flexibility index (Phi) is 7.49. The summed E-state index contributed by atoms with van der Waals surface area (Å²) in [5.74, 6) is 0.0993. The second kappa shape index (κ2) is 9.52. The summed E-state index contributed by atoms with van der Waals surface area (Å²) in [7, 11) is -3.20. The normalized spacial score (nSPS) is 21.1. The molecule has 1 amide bonds. The third-order valence-electron chi connectivity index (χ3n) is 5.87. The van der Waals surface area contributed by atoms with Gasteiger partial charge in [0.15, 0.2) is 0 Å². The van der Waals surface area contributed by atoms with Crippen LogP contribution >= 0.6 is 23.2 Å². The van der Waals surface area contributed by atoms with Crippen LogP contribution in [0, 0.1) is 0 Å². The van der Waals surface area contributed by atoms with Crippen molar-refractivity contribution in [1.82, 2.24) is 9.62 Å². The fourth-order valence-corrected chi connectivity index (χ4v) is 6.34. The van der Waals surface area contributed by atoms with E-state index in [1.54, 1.807) is 16.4 Å². The van der Waals surface area contributed by atoms with E-state index in [-0.39, 0.29) is 17.7 Å². The van der Waals surface area contributed by atoms with Gasteiger partial charge in [-0.05, 0) is 49.8 Å². The van der Waals surface area contributed by atoms with Gasteiger partial charge in [-0.25, -0.2) is 12.7 Å². The highest BCUT2D eigenvalue weighted by Crippen LogP contribution is 2.40. The first-order valence-corrected chi connectivity index (χ1v) is 12.5. The fraction of sp³-hybridized carbons (Fsp3) is 0.650. The van der Waals surface area contributed by atoms with E-state index in [2.05, 4.69) is 5.32 Å². The summed E-state index contributed by atoms with van der Waals surface area (Å²) in [5.41, 5.74) is 0.0121. The summed E-state index contributed by atoms with van der Waals surface area (Å²) in [6.45, 7) is 3.70. The summed E-state index contributed by atoms with van der Waals surface area (Å²) >= 11 is 12.5. The molecule has 1 aromatic rings. The van der Waals surface area contributed by atoms with Gasteiger partial charge in [0.05, 0.1) is 11.2 Å². The lowest BCUT2D eigenvalue weighted by atomic mass is 9.73. The van der Waals surface area contributed by atoms with Crippen LogP contribution < -0.4 is 5.32 Å². The number of piperidine rings is 1. The molecule has 6 nitrogen and oxygen atoms in total. The Balaban J connectivity index is 1.72. The van der Waals surface area contributed by atoms with Crippen molar-refractivity contribution in [2.45, 2.75) is 50.5 Å². The number of nitrogens with zero attached hydrogens (tertiary/aromatic N) is 1. The molecule has 0 unspecified atom stereocenters. The van der Waals surface area contributed by atoms with Crippen molar-refractivity contribution in [2.75, 3.05) is 32.1 Å². The Morgan fingerprint density at radius 1 is 1.24 bits per heavy atom. The minimum Gasteiger partial charge on any atom is -0.381 e. The standard InChI is InChI=1S/C20H28Cl2N2O4S/c1-2-13-29(26,27)24-9-5-16(6-10-24)23-19(25)20(7-11-28-12-8-20)17-4-3-15(21)14-18(17)22/h3-4,14,16H,2,5-13H2,1H3,(H,23,25). The van der Waals surface area contributed by atoms with Gasteiger partial charge in [0.1, 0.15) is 0 Å². The molecule has 0 radical (unpaired) electrons. The monoisotopic (exact) mass is 462 g/mol. The second-order valence-corrected chi connectivity index (χ2v) is 10.7. The molecular formula is C20H28Cl2N2O4S. The first-order valence-electron chi connectivity index (χ1n) is 10.1. The van der Waals surface area contributed by atoms with Gasteiger partial charge < -0.3 is 10.1 Å². The summed E-state index contributed by atoms with van der Waals surface area (Å²) in [6.07, 6.45) is 2.91. The lowest BCUT2D eigenvalue weighted by molar-refractivity contribution is -0.131. The van der Waals surface area contributed by atoms with Gasteiger partial charge in [-0.3, -0.25) is 4.79 Å². The SMILES string of the molecule is CCCS(=O)(=O)N1CCC(NC(=O)C2(c3ccc(Cl)cc3Cl)CCOCC2)CC1. The van der Waals surface area contributed by atoms with E-state index in [9.17, 15) is 13.2 Å². The maximum absolute atomic E-state index is 13.4. The van der Waals surface area contributed by atoms with Crippen LogP contribution in [0.25, 0.3) is 0 Å². The van der Waals surface area contributed by atoms with Crippen LogP contribution in [-0.2, 0) is 25.0 Å². The quantitative estimate of drug-likeness (QED) is 0.702. The Labute approximate surface area is 182 Å². The van der Waals surface area contributed by atoms with Crippen LogP contribution in [0.5, 0.6) is 0 Å². The molecule has 0 bridgehead atoms. The molecule has 0 atom stereocenters. The average molecular weight is 463 g/mol. The predicted molar refractivity (Wildman–Crippen MR) is 115 cm³/mol. The van der Waals surface area contributed by atoms with Crippen LogP contribution in [-0.4, -0.2) is 56.7 Å². The molecule has 0 saturated carbocycles. The molecule has 9 heteroatoms. The lowest BCUT2D eigenvalue weighted by Gasteiger charge is -2.39. The second-order valence-electron chi connectivity index (χ2n) is 7.78. The topological polar surface area (TPSA) is 75.7 Å². The highest BCUT2D eigenvalue weighted by atomic mass is 35.5. The van der Waals surface area contributed by atoms with Crippen molar-refractivity contribution in [2.24, 2.45) is 0 Å². The minimum atomic E-state index is -3.20. The van der Waals surface area contributed by atoms with Crippen LogP contribution in [0.1, 0.15) is 44.6 Å². The Hall–Kier alpha value is -0.860. The number of carbonyl (C=O) groups excluding carboxylic acids is 1. The van der Waals surface area contributed by atoms with E-state index in [1.807, 2.05) is 13.0 Å². The number of hydrogen-bond acceptors (Lipinski definition) is 4. The summed E-state index contributed by atoms with van der Waals surface area (Å²) in [4.78, 5) is 13.4. The molecule has 162 valence electrons. The zero-order valence-corrected chi connectivity index (χ0v) is 19.0. The Morgan fingerprint density at radius 2 is 1.90 bits per heavy atom. The Morgan fingerprint density at radius 3 is 2.48 bits per heavy atom. The smallest absolute Gasteiger partial charge is 0.231 e. The van der Waals surface area contributed by atoms with Crippen LogP contribution in [0.15, 0.2) is 18.2 Å². The molecule has 29 heavy (non-hydrogen) atoms. The van der Waals surface area contributed by atoms with Crippen molar-refractivity contribution in [3.63, 3.8) is 0 Å². The molecule has 2 aliphatic rings. The van der Waals surface area contributed by atoms with E-state index >= 15 is 0 Å². The summed E-state index contributed by atoms with van der Waals surface area (Å²) in [6, 6.07) is 5.20. The molecule has 0 spiro atoms. The molecule has 1 aromatic carbocycles. The summed E-state index contributed by atoms with van der Waals surface area (Å²) in [5, 5.41) is 4.18. The van der Waals surface area contributed by atoms with Gasteiger partial charge in [0, 0.05) is 42.4 Å². The van der Waals surface area contributed by atoms with Gasteiger partial charge in [0.2, 0.25) is 15.9 Å². The minimum absolute atomic E-state index is 0.0543. The lowest BCUT2D eigenvalue weighted by Crippen LogP contribution is -2.54. The van der Waals surface area contributed by atoms with Crippen LogP contribution in [0.2, 0.25) is 10.0 Å². The summed E-state index contributed by atoms with van der Waals surface area (Å²) < 4.78 is 31.6. The fourth-order valence-electron chi connectivity index (χ4n) is 4.21. The number of amides is 1. The molecular weight excluding hydrogens is 435 g/mol. The number of nitrogens with one attached hydrogen (secondary N) is 1. The number of hydrogen-bond donors (Lipinski definition) is 1. The van der Waals surface area contributed by atoms with Crippen LogP contribution in [0.4, 0.5) is 0 Å². The molecule has 0 aliphatic carbocycles. The first-order chi connectivity index (χ1) is 13.8. The van der Waals surface area contributed by atoms with Crippen LogP contribution in [0.3, 0.4) is 0 Å². The van der Waals surface area contributed by atoms with Gasteiger partial charge in [0.25, 0.3) is 0 Å². The molecule has 2 saturated heterocycles. The van der Waals surface area contributed by atoms with Gasteiger partial charge in [-0.2, -0.15) is 0 Å². The van der Waals surface area contributed by atoms with Gasteiger partial charge >= 0.3 is 0 Å².